The number of rotatable bonds is 4. The SMILES string of the molecule is O=C(O)c1ccc(/C=C2/N=C(c3ccccc3F)N(c3ccc(Cl)cc3)C2=O)cc1. The molecular formula is C23H14ClFN2O3. The van der Waals surface area contributed by atoms with Gasteiger partial charge in [-0.05, 0) is 60.2 Å². The lowest BCUT2D eigenvalue weighted by Gasteiger charge is -2.18. The van der Waals surface area contributed by atoms with Gasteiger partial charge in [0.25, 0.3) is 5.91 Å². The van der Waals surface area contributed by atoms with Gasteiger partial charge in [0.05, 0.1) is 16.8 Å². The minimum Gasteiger partial charge on any atom is -0.478 e. The van der Waals surface area contributed by atoms with E-state index in [4.69, 9.17) is 16.7 Å². The van der Waals surface area contributed by atoms with Crippen molar-refractivity contribution in [2.45, 2.75) is 0 Å². The van der Waals surface area contributed by atoms with Crippen LogP contribution < -0.4 is 4.90 Å². The lowest BCUT2D eigenvalue weighted by Crippen LogP contribution is -2.33. The molecule has 30 heavy (non-hydrogen) atoms. The van der Waals surface area contributed by atoms with Crippen molar-refractivity contribution >= 4 is 41.1 Å². The van der Waals surface area contributed by atoms with Crippen LogP contribution in [0.25, 0.3) is 6.08 Å². The third-order valence-electron chi connectivity index (χ3n) is 4.52. The quantitative estimate of drug-likeness (QED) is 0.603. The number of aliphatic imine (C=N–C) groups is 1. The van der Waals surface area contributed by atoms with E-state index >= 15 is 0 Å². The Morgan fingerprint density at radius 1 is 1.00 bits per heavy atom. The smallest absolute Gasteiger partial charge is 0.335 e. The standard InChI is InChI=1S/C23H14ClFN2O3/c24-16-9-11-17(12-10-16)27-21(18-3-1-2-4-19(18)25)26-20(22(27)28)13-14-5-7-15(8-6-14)23(29)30/h1-13H,(H,29,30)/b20-13+. The molecule has 5 nitrogen and oxygen atoms in total. The number of nitrogens with zero attached hydrogens (tertiary/aromatic N) is 2. The third kappa shape index (κ3) is 3.73. The van der Waals surface area contributed by atoms with Crippen LogP contribution in [0.5, 0.6) is 0 Å². The van der Waals surface area contributed by atoms with Gasteiger partial charge in [-0.2, -0.15) is 0 Å². The summed E-state index contributed by atoms with van der Waals surface area (Å²) >= 11 is 5.96. The highest BCUT2D eigenvalue weighted by Gasteiger charge is 2.33. The Kier molecular flexibility index (Phi) is 5.16. The minimum atomic E-state index is -1.04. The lowest BCUT2D eigenvalue weighted by molar-refractivity contribution is -0.113. The highest BCUT2D eigenvalue weighted by molar-refractivity contribution is 6.34. The maximum atomic E-state index is 14.5. The van der Waals surface area contributed by atoms with Gasteiger partial charge >= 0.3 is 5.97 Å². The number of amides is 1. The topological polar surface area (TPSA) is 70.0 Å². The molecule has 0 fully saturated rings. The molecule has 0 atom stereocenters. The second-order valence-corrected chi connectivity index (χ2v) is 6.93. The maximum absolute atomic E-state index is 14.5. The summed E-state index contributed by atoms with van der Waals surface area (Å²) in [7, 11) is 0. The molecule has 0 saturated carbocycles. The molecule has 1 amide bonds. The lowest BCUT2D eigenvalue weighted by atomic mass is 10.1. The molecule has 3 aromatic carbocycles. The van der Waals surface area contributed by atoms with Crippen molar-refractivity contribution in [3.8, 4) is 0 Å². The van der Waals surface area contributed by atoms with E-state index in [1.165, 1.54) is 29.2 Å². The van der Waals surface area contributed by atoms with Crippen LogP contribution in [0.3, 0.4) is 0 Å². The first-order valence-electron chi connectivity index (χ1n) is 8.93. The summed E-state index contributed by atoms with van der Waals surface area (Å²) in [6.45, 7) is 0. The Bertz CT molecular complexity index is 1200. The number of benzene rings is 3. The molecule has 7 heteroatoms. The second kappa shape index (κ2) is 7.93. The number of carbonyl (C=O) groups excluding carboxylic acids is 1. The Morgan fingerprint density at radius 3 is 2.30 bits per heavy atom. The average Bonchev–Trinajstić information content (AvgIpc) is 3.05. The number of aromatic carboxylic acids is 1. The summed E-state index contributed by atoms with van der Waals surface area (Å²) in [5, 5.41) is 9.53. The van der Waals surface area contributed by atoms with Gasteiger partial charge in [-0.25, -0.2) is 14.2 Å². The highest BCUT2D eigenvalue weighted by atomic mass is 35.5. The fourth-order valence-corrected chi connectivity index (χ4v) is 3.18. The molecular weight excluding hydrogens is 407 g/mol. The zero-order valence-corrected chi connectivity index (χ0v) is 16.2. The minimum absolute atomic E-state index is 0.103. The number of hydrogen-bond acceptors (Lipinski definition) is 3. The summed E-state index contributed by atoms with van der Waals surface area (Å²) in [4.78, 5) is 29.9. The van der Waals surface area contributed by atoms with E-state index in [1.807, 2.05) is 0 Å². The van der Waals surface area contributed by atoms with Crippen molar-refractivity contribution in [3.63, 3.8) is 0 Å². The Labute approximate surface area is 176 Å². The van der Waals surface area contributed by atoms with E-state index in [9.17, 15) is 14.0 Å². The monoisotopic (exact) mass is 420 g/mol. The van der Waals surface area contributed by atoms with Crippen molar-refractivity contribution in [1.82, 2.24) is 0 Å². The second-order valence-electron chi connectivity index (χ2n) is 6.49. The van der Waals surface area contributed by atoms with Crippen molar-refractivity contribution in [2.75, 3.05) is 4.90 Å². The molecule has 4 rings (SSSR count). The van der Waals surface area contributed by atoms with Crippen molar-refractivity contribution < 1.29 is 19.1 Å². The van der Waals surface area contributed by atoms with E-state index in [1.54, 1.807) is 54.6 Å². The number of anilines is 1. The van der Waals surface area contributed by atoms with Crippen LogP contribution >= 0.6 is 11.6 Å². The molecule has 0 radical (unpaired) electrons. The molecule has 0 aliphatic carbocycles. The zero-order valence-electron chi connectivity index (χ0n) is 15.4. The van der Waals surface area contributed by atoms with Crippen molar-refractivity contribution in [3.05, 3.63) is 106 Å². The van der Waals surface area contributed by atoms with Gasteiger partial charge < -0.3 is 5.11 Å². The first-order valence-corrected chi connectivity index (χ1v) is 9.30. The first-order chi connectivity index (χ1) is 14.4. The Hall–Kier alpha value is -3.77. The van der Waals surface area contributed by atoms with E-state index < -0.39 is 17.7 Å². The summed E-state index contributed by atoms with van der Waals surface area (Å²) in [5.41, 5.74) is 1.51. The van der Waals surface area contributed by atoms with Crippen molar-refractivity contribution in [2.24, 2.45) is 4.99 Å². The van der Waals surface area contributed by atoms with Crippen LogP contribution in [-0.2, 0) is 4.79 Å². The average molecular weight is 421 g/mol. The number of amidine groups is 1. The molecule has 0 unspecified atom stereocenters. The Balaban J connectivity index is 1.80. The van der Waals surface area contributed by atoms with Gasteiger partial charge in [-0.15, -0.1) is 0 Å². The summed E-state index contributed by atoms with van der Waals surface area (Å²) in [6.07, 6.45) is 1.53. The predicted molar refractivity (Wildman–Crippen MR) is 113 cm³/mol. The molecule has 0 saturated heterocycles. The van der Waals surface area contributed by atoms with E-state index in [0.717, 1.165) is 0 Å². The molecule has 0 bridgehead atoms. The zero-order chi connectivity index (χ0) is 21.3. The Morgan fingerprint density at radius 2 is 1.67 bits per heavy atom. The molecule has 1 aliphatic heterocycles. The van der Waals surface area contributed by atoms with Gasteiger partial charge in [0.1, 0.15) is 11.5 Å². The predicted octanol–water partition coefficient (Wildman–Crippen LogP) is 5.01. The van der Waals surface area contributed by atoms with Gasteiger partial charge in [0, 0.05) is 5.02 Å². The molecule has 1 aliphatic rings. The molecule has 1 N–H and O–H groups in total. The van der Waals surface area contributed by atoms with E-state index in [0.29, 0.717) is 16.3 Å². The van der Waals surface area contributed by atoms with Crippen LogP contribution in [-0.4, -0.2) is 22.8 Å². The number of carboxylic acid groups (broad SMARTS) is 1. The van der Waals surface area contributed by atoms with Crippen LogP contribution in [0.2, 0.25) is 5.02 Å². The van der Waals surface area contributed by atoms with Crippen LogP contribution in [0.15, 0.2) is 83.5 Å². The highest BCUT2D eigenvalue weighted by Crippen LogP contribution is 2.29. The number of carboxylic acids is 1. The van der Waals surface area contributed by atoms with Crippen LogP contribution in [0.1, 0.15) is 21.5 Å². The van der Waals surface area contributed by atoms with Gasteiger partial charge in [0.15, 0.2) is 5.84 Å². The largest absolute Gasteiger partial charge is 0.478 e. The maximum Gasteiger partial charge on any atom is 0.335 e. The molecule has 148 valence electrons. The fraction of sp³-hybridized carbons (Fsp3) is 0. The molecule has 3 aromatic rings. The fourth-order valence-electron chi connectivity index (χ4n) is 3.05. The third-order valence-corrected chi connectivity index (χ3v) is 4.77. The van der Waals surface area contributed by atoms with Crippen LogP contribution in [0.4, 0.5) is 10.1 Å². The normalized spacial score (nSPS) is 14.9. The van der Waals surface area contributed by atoms with Gasteiger partial charge in [-0.1, -0.05) is 35.9 Å². The summed E-state index contributed by atoms with van der Waals surface area (Å²) in [6, 6.07) is 18.7. The van der Waals surface area contributed by atoms with Crippen molar-refractivity contribution in [1.29, 1.82) is 0 Å². The summed E-state index contributed by atoms with van der Waals surface area (Å²) in [5.74, 6) is -1.82. The van der Waals surface area contributed by atoms with E-state index in [2.05, 4.69) is 4.99 Å². The first kappa shape index (κ1) is 19.5. The van der Waals surface area contributed by atoms with E-state index in [-0.39, 0.29) is 22.7 Å². The molecule has 0 aromatic heterocycles. The molecule has 0 spiro atoms. The number of hydrogen-bond donors (Lipinski definition) is 1. The number of halogens is 2. The van der Waals surface area contributed by atoms with Crippen LogP contribution in [0, 0.1) is 5.82 Å². The molecule has 1 heterocycles. The summed E-state index contributed by atoms with van der Waals surface area (Å²) < 4.78 is 14.5. The van der Waals surface area contributed by atoms with Gasteiger partial charge in [0.2, 0.25) is 0 Å². The van der Waals surface area contributed by atoms with Gasteiger partial charge in [-0.3, -0.25) is 9.69 Å². The number of carbonyl (C=O) groups is 2.